The number of rotatable bonds is 6. The molecule has 1 heterocycles. The van der Waals surface area contributed by atoms with E-state index in [1.54, 1.807) is 7.11 Å². The molecule has 0 aliphatic carbocycles. The monoisotopic (exact) mass is 312 g/mol. The van der Waals surface area contributed by atoms with E-state index in [2.05, 4.69) is 16.7 Å². The van der Waals surface area contributed by atoms with Crippen molar-refractivity contribution in [3.05, 3.63) is 29.8 Å². The average Bonchev–Trinajstić information content (AvgIpc) is 2.36. The highest BCUT2D eigenvalue weighted by Crippen LogP contribution is 2.17. The van der Waals surface area contributed by atoms with Crippen LogP contribution in [0.1, 0.15) is 19.4 Å². The molecule has 0 aromatic heterocycles. The summed E-state index contributed by atoms with van der Waals surface area (Å²) in [5.74, 6) is 1.59. The Labute approximate surface area is 133 Å². The van der Waals surface area contributed by atoms with Crippen LogP contribution < -0.4 is 15.4 Å². The molecule has 2 atom stereocenters. The third-order valence-electron chi connectivity index (χ3n) is 4.00. The van der Waals surface area contributed by atoms with Crippen LogP contribution in [0.4, 0.5) is 0 Å². The average molecular weight is 313 g/mol. The lowest BCUT2D eigenvalue weighted by Gasteiger charge is -2.32. The molecular formula is C16H25ClN2O2. The quantitative estimate of drug-likeness (QED) is 0.845. The number of carbonyl (C=O) groups is 1. The van der Waals surface area contributed by atoms with Gasteiger partial charge in [-0.25, -0.2) is 0 Å². The maximum atomic E-state index is 12.1. The standard InChI is InChI=1S/C16H24N2O2.ClH/c1-11(7-13-5-4-6-15(8-13)20-3)18-16(19)12(2)14-9-17-10-14;/h4-6,8,11-12,14,17H,7,9-10H2,1-3H3,(H,18,19);1H. The van der Waals surface area contributed by atoms with E-state index >= 15 is 0 Å². The van der Waals surface area contributed by atoms with Gasteiger partial charge in [0.05, 0.1) is 7.11 Å². The van der Waals surface area contributed by atoms with Crippen molar-refractivity contribution >= 4 is 18.3 Å². The topological polar surface area (TPSA) is 50.4 Å². The van der Waals surface area contributed by atoms with Gasteiger partial charge in [0.1, 0.15) is 5.75 Å². The van der Waals surface area contributed by atoms with E-state index in [1.807, 2.05) is 32.0 Å². The van der Waals surface area contributed by atoms with E-state index in [0.717, 1.165) is 25.3 Å². The molecule has 4 nitrogen and oxygen atoms in total. The third-order valence-corrected chi connectivity index (χ3v) is 4.00. The van der Waals surface area contributed by atoms with Gasteiger partial charge in [-0.15, -0.1) is 12.4 Å². The molecule has 2 unspecified atom stereocenters. The molecular weight excluding hydrogens is 288 g/mol. The minimum absolute atomic E-state index is 0. The predicted octanol–water partition coefficient (Wildman–Crippen LogP) is 2.02. The largest absolute Gasteiger partial charge is 0.497 e. The van der Waals surface area contributed by atoms with E-state index < -0.39 is 0 Å². The van der Waals surface area contributed by atoms with Crippen molar-refractivity contribution in [1.29, 1.82) is 0 Å². The Morgan fingerprint density at radius 3 is 2.71 bits per heavy atom. The normalized spacial score (nSPS) is 17.1. The number of halogens is 1. The van der Waals surface area contributed by atoms with Crippen molar-refractivity contribution in [2.24, 2.45) is 11.8 Å². The molecule has 0 bridgehead atoms. The SMILES string of the molecule is COc1cccc(CC(C)NC(=O)C(C)C2CNC2)c1.Cl. The van der Waals surface area contributed by atoms with Crippen LogP contribution in [0.2, 0.25) is 0 Å². The summed E-state index contributed by atoms with van der Waals surface area (Å²) in [7, 11) is 1.67. The van der Waals surface area contributed by atoms with Gasteiger partial charge >= 0.3 is 0 Å². The van der Waals surface area contributed by atoms with Crippen LogP contribution in [-0.4, -0.2) is 32.1 Å². The molecule has 2 N–H and O–H groups in total. The predicted molar refractivity (Wildman–Crippen MR) is 87.1 cm³/mol. The fourth-order valence-corrected chi connectivity index (χ4v) is 2.46. The molecule has 1 aliphatic rings. The second kappa shape index (κ2) is 8.25. The van der Waals surface area contributed by atoms with Gasteiger partial charge in [0, 0.05) is 12.0 Å². The third kappa shape index (κ3) is 4.90. The first kappa shape index (κ1) is 17.8. The Morgan fingerprint density at radius 1 is 1.43 bits per heavy atom. The Bertz CT molecular complexity index is 463. The van der Waals surface area contributed by atoms with Crippen molar-refractivity contribution in [3.8, 4) is 5.75 Å². The number of hydrogen-bond acceptors (Lipinski definition) is 3. The Hall–Kier alpha value is -1.26. The minimum atomic E-state index is 0. The Balaban J connectivity index is 0.00000220. The molecule has 5 heteroatoms. The van der Waals surface area contributed by atoms with Crippen LogP contribution in [0, 0.1) is 11.8 Å². The van der Waals surface area contributed by atoms with Crippen molar-refractivity contribution in [3.63, 3.8) is 0 Å². The zero-order chi connectivity index (χ0) is 14.5. The first-order valence-electron chi connectivity index (χ1n) is 7.24. The van der Waals surface area contributed by atoms with Gasteiger partial charge < -0.3 is 15.4 Å². The molecule has 0 saturated carbocycles. The van der Waals surface area contributed by atoms with Gasteiger partial charge in [-0.1, -0.05) is 19.1 Å². The molecule has 1 fully saturated rings. The van der Waals surface area contributed by atoms with E-state index in [-0.39, 0.29) is 30.3 Å². The molecule has 21 heavy (non-hydrogen) atoms. The fourth-order valence-electron chi connectivity index (χ4n) is 2.46. The van der Waals surface area contributed by atoms with E-state index in [1.165, 1.54) is 5.56 Å². The van der Waals surface area contributed by atoms with Gasteiger partial charge in [0.15, 0.2) is 0 Å². The highest BCUT2D eigenvalue weighted by Gasteiger charge is 2.29. The Morgan fingerprint density at radius 2 is 2.14 bits per heavy atom. The first-order valence-corrected chi connectivity index (χ1v) is 7.24. The van der Waals surface area contributed by atoms with Crippen LogP contribution in [0.5, 0.6) is 5.75 Å². The van der Waals surface area contributed by atoms with Crippen molar-refractivity contribution in [2.45, 2.75) is 26.3 Å². The number of nitrogens with one attached hydrogen (secondary N) is 2. The molecule has 1 saturated heterocycles. The molecule has 118 valence electrons. The van der Waals surface area contributed by atoms with Crippen molar-refractivity contribution in [2.75, 3.05) is 20.2 Å². The maximum Gasteiger partial charge on any atom is 0.223 e. The van der Waals surface area contributed by atoms with Gasteiger partial charge in [-0.3, -0.25) is 4.79 Å². The lowest BCUT2D eigenvalue weighted by atomic mass is 9.88. The van der Waals surface area contributed by atoms with Crippen LogP contribution >= 0.6 is 12.4 Å². The molecule has 0 radical (unpaired) electrons. The summed E-state index contributed by atoms with van der Waals surface area (Å²) >= 11 is 0. The lowest BCUT2D eigenvalue weighted by Crippen LogP contribution is -2.50. The molecule has 1 amide bonds. The van der Waals surface area contributed by atoms with Crippen LogP contribution in [0.3, 0.4) is 0 Å². The number of carbonyl (C=O) groups excluding carboxylic acids is 1. The summed E-state index contributed by atoms with van der Waals surface area (Å²) in [6.07, 6.45) is 0.818. The zero-order valence-electron chi connectivity index (χ0n) is 12.9. The van der Waals surface area contributed by atoms with Crippen molar-refractivity contribution in [1.82, 2.24) is 10.6 Å². The van der Waals surface area contributed by atoms with Gasteiger partial charge in [0.2, 0.25) is 5.91 Å². The van der Waals surface area contributed by atoms with E-state index in [0.29, 0.717) is 5.92 Å². The highest BCUT2D eigenvalue weighted by molar-refractivity contribution is 5.85. The highest BCUT2D eigenvalue weighted by atomic mass is 35.5. The number of ether oxygens (including phenoxy) is 1. The van der Waals surface area contributed by atoms with Crippen LogP contribution in [-0.2, 0) is 11.2 Å². The number of amides is 1. The molecule has 1 aromatic rings. The summed E-state index contributed by atoms with van der Waals surface area (Å²) in [6, 6.07) is 8.11. The summed E-state index contributed by atoms with van der Waals surface area (Å²) < 4.78 is 5.22. The molecule has 1 aromatic carbocycles. The fraction of sp³-hybridized carbons (Fsp3) is 0.562. The summed E-state index contributed by atoms with van der Waals surface area (Å²) in [6.45, 7) is 5.97. The molecule has 2 rings (SSSR count). The minimum Gasteiger partial charge on any atom is -0.497 e. The van der Waals surface area contributed by atoms with Crippen LogP contribution in [0.25, 0.3) is 0 Å². The van der Waals surface area contributed by atoms with Gasteiger partial charge in [0.25, 0.3) is 0 Å². The van der Waals surface area contributed by atoms with E-state index in [9.17, 15) is 4.79 Å². The summed E-state index contributed by atoms with van der Waals surface area (Å²) in [4.78, 5) is 12.1. The first-order chi connectivity index (χ1) is 9.60. The van der Waals surface area contributed by atoms with E-state index in [4.69, 9.17) is 4.74 Å². The Kier molecular flexibility index (Phi) is 6.99. The summed E-state index contributed by atoms with van der Waals surface area (Å²) in [5, 5.41) is 6.32. The van der Waals surface area contributed by atoms with Crippen molar-refractivity contribution < 1.29 is 9.53 Å². The molecule has 0 spiro atoms. The second-order valence-electron chi connectivity index (χ2n) is 5.67. The lowest BCUT2D eigenvalue weighted by molar-refractivity contribution is -0.127. The number of methoxy groups -OCH3 is 1. The smallest absolute Gasteiger partial charge is 0.223 e. The number of hydrogen-bond donors (Lipinski definition) is 2. The van der Waals surface area contributed by atoms with Gasteiger partial charge in [-0.05, 0) is 50.0 Å². The summed E-state index contributed by atoms with van der Waals surface area (Å²) in [5.41, 5.74) is 1.18. The van der Waals surface area contributed by atoms with Crippen LogP contribution in [0.15, 0.2) is 24.3 Å². The number of benzene rings is 1. The zero-order valence-corrected chi connectivity index (χ0v) is 13.7. The second-order valence-corrected chi connectivity index (χ2v) is 5.67. The molecule has 1 aliphatic heterocycles. The van der Waals surface area contributed by atoms with Gasteiger partial charge in [-0.2, -0.15) is 0 Å². The maximum absolute atomic E-state index is 12.1.